The van der Waals surface area contributed by atoms with Crippen molar-refractivity contribution in [2.45, 2.75) is 19.1 Å². The molecule has 0 spiro atoms. The molecule has 1 heterocycles. The Kier molecular flexibility index (Phi) is 5.29. The Bertz CT molecular complexity index is 637. The number of nitrogens with zero attached hydrogens (tertiary/aromatic N) is 1. The van der Waals surface area contributed by atoms with E-state index in [2.05, 4.69) is 5.32 Å². The van der Waals surface area contributed by atoms with Gasteiger partial charge < -0.3 is 15.0 Å². The topological polar surface area (TPSA) is 71.3 Å². The first-order chi connectivity index (χ1) is 10.1. The van der Waals surface area contributed by atoms with E-state index in [9.17, 15) is 14.7 Å². The molecule has 0 fully saturated rings. The van der Waals surface area contributed by atoms with Crippen LogP contribution >= 0.6 is 0 Å². The minimum absolute atomic E-state index is 0.118. The number of hydrogen-bond acceptors (Lipinski definition) is 3. The van der Waals surface area contributed by atoms with Gasteiger partial charge in [0.2, 0.25) is 5.91 Å². The van der Waals surface area contributed by atoms with E-state index in [1.165, 1.54) is 10.6 Å². The number of aromatic nitrogens is 1. The molecule has 2 rings (SSSR count). The van der Waals surface area contributed by atoms with Gasteiger partial charge >= 0.3 is 0 Å². The fourth-order valence-corrected chi connectivity index (χ4v) is 1.98. The van der Waals surface area contributed by atoms with Crippen LogP contribution in [0.5, 0.6) is 0 Å². The van der Waals surface area contributed by atoms with E-state index in [1.54, 1.807) is 18.3 Å². The first-order valence-corrected chi connectivity index (χ1v) is 6.79. The molecule has 1 atom stereocenters. The summed E-state index contributed by atoms with van der Waals surface area (Å²) in [5, 5.41) is 12.5. The van der Waals surface area contributed by atoms with Crippen molar-refractivity contribution >= 4 is 5.91 Å². The quantitative estimate of drug-likeness (QED) is 0.815. The SMILES string of the molecule is O=C(Cc1ccccc1)NC[C@H](O)Cn1ccccc1=O. The Morgan fingerprint density at radius 1 is 1.14 bits per heavy atom. The number of benzene rings is 1. The zero-order chi connectivity index (χ0) is 15.1. The summed E-state index contributed by atoms with van der Waals surface area (Å²) < 4.78 is 1.41. The Morgan fingerprint density at radius 2 is 1.86 bits per heavy atom. The highest BCUT2D eigenvalue weighted by Gasteiger charge is 2.09. The van der Waals surface area contributed by atoms with Gasteiger partial charge in [0.25, 0.3) is 5.56 Å². The molecule has 21 heavy (non-hydrogen) atoms. The second-order valence-electron chi connectivity index (χ2n) is 4.81. The lowest BCUT2D eigenvalue weighted by Gasteiger charge is -2.13. The molecule has 0 aliphatic carbocycles. The lowest BCUT2D eigenvalue weighted by atomic mass is 10.1. The molecule has 0 radical (unpaired) electrons. The van der Waals surface area contributed by atoms with Crippen molar-refractivity contribution in [3.05, 3.63) is 70.6 Å². The van der Waals surface area contributed by atoms with Gasteiger partial charge in [-0.25, -0.2) is 0 Å². The first-order valence-electron chi connectivity index (χ1n) is 6.79. The van der Waals surface area contributed by atoms with Gasteiger partial charge in [-0.1, -0.05) is 36.4 Å². The third-order valence-electron chi connectivity index (χ3n) is 3.05. The lowest BCUT2D eigenvalue weighted by molar-refractivity contribution is -0.120. The average molecular weight is 286 g/mol. The smallest absolute Gasteiger partial charge is 0.250 e. The molecule has 0 saturated carbocycles. The van der Waals surface area contributed by atoms with Crippen molar-refractivity contribution in [1.29, 1.82) is 0 Å². The van der Waals surface area contributed by atoms with Crippen molar-refractivity contribution < 1.29 is 9.90 Å². The van der Waals surface area contributed by atoms with Crippen LogP contribution in [0.25, 0.3) is 0 Å². The van der Waals surface area contributed by atoms with E-state index in [0.29, 0.717) is 0 Å². The zero-order valence-corrected chi connectivity index (χ0v) is 11.6. The summed E-state index contributed by atoms with van der Waals surface area (Å²) in [4.78, 5) is 23.2. The Labute approximate surface area is 122 Å². The number of nitrogens with one attached hydrogen (secondary N) is 1. The van der Waals surface area contributed by atoms with Gasteiger partial charge in [0, 0.05) is 18.8 Å². The van der Waals surface area contributed by atoms with E-state index in [1.807, 2.05) is 30.3 Å². The molecule has 2 N–H and O–H groups in total. The van der Waals surface area contributed by atoms with Crippen LogP contribution < -0.4 is 10.9 Å². The molecule has 0 unspecified atom stereocenters. The maximum atomic E-state index is 11.7. The van der Waals surface area contributed by atoms with Crippen molar-refractivity contribution in [2.75, 3.05) is 6.54 Å². The van der Waals surface area contributed by atoms with E-state index < -0.39 is 6.10 Å². The van der Waals surface area contributed by atoms with Gasteiger partial charge in [-0.2, -0.15) is 0 Å². The van der Waals surface area contributed by atoms with Gasteiger partial charge in [-0.15, -0.1) is 0 Å². The number of hydrogen-bond donors (Lipinski definition) is 2. The van der Waals surface area contributed by atoms with Crippen molar-refractivity contribution in [1.82, 2.24) is 9.88 Å². The van der Waals surface area contributed by atoms with Crippen LogP contribution in [-0.2, 0) is 17.8 Å². The molecule has 0 saturated heterocycles. The van der Waals surface area contributed by atoms with Crippen LogP contribution in [0.4, 0.5) is 0 Å². The molecule has 1 amide bonds. The minimum atomic E-state index is -0.801. The number of aliphatic hydroxyl groups excluding tert-OH is 1. The van der Waals surface area contributed by atoms with Crippen LogP contribution in [-0.4, -0.2) is 28.2 Å². The molecule has 1 aromatic carbocycles. The number of carbonyl (C=O) groups excluding carboxylic acids is 1. The van der Waals surface area contributed by atoms with E-state index in [4.69, 9.17) is 0 Å². The molecular formula is C16H18N2O3. The average Bonchev–Trinajstić information content (AvgIpc) is 2.49. The van der Waals surface area contributed by atoms with Crippen molar-refractivity contribution in [2.24, 2.45) is 0 Å². The van der Waals surface area contributed by atoms with Gasteiger partial charge in [-0.05, 0) is 11.6 Å². The van der Waals surface area contributed by atoms with Crippen LogP contribution in [0.1, 0.15) is 5.56 Å². The molecule has 0 aliphatic rings. The van der Waals surface area contributed by atoms with Crippen molar-refractivity contribution in [3.63, 3.8) is 0 Å². The molecule has 5 heteroatoms. The minimum Gasteiger partial charge on any atom is -0.389 e. The van der Waals surface area contributed by atoms with Crippen LogP contribution in [0.3, 0.4) is 0 Å². The number of pyridine rings is 1. The standard InChI is InChI=1S/C16H18N2O3/c19-14(12-18-9-5-4-8-16(18)21)11-17-15(20)10-13-6-2-1-3-7-13/h1-9,14,19H,10-12H2,(H,17,20)/t14-/m0/s1. The normalized spacial score (nSPS) is 11.9. The summed E-state index contributed by atoms with van der Waals surface area (Å²) in [6.07, 6.45) is 1.08. The van der Waals surface area contributed by atoms with E-state index >= 15 is 0 Å². The number of carbonyl (C=O) groups is 1. The first kappa shape index (κ1) is 15.0. The summed E-state index contributed by atoms with van der Waals surface area (Å²) in [6, 6.07) is 14.2. The highest BCUT2D eigenvalue weighted by molar-refractivity contribution is 5.78. The van der Waals surface area contributed by atoms with Crippen LogP contribution in [0, 0.1) is 0 Å². The predicted molar refractivity (Wildman–Crippen MR) is 79.9 cm³/mol. The summed E-state index contributed by atoms with van der Waals surface area (Å²) >= 11 is 0. The second kappa shape index (κ2) is 7.40. The van der Waals surface area contributed by atoms with E-state index in [0.717, 1.165) is 5.56 Å². The van der Waals surface area contributed by atoms with Gasteiger partial charge in [0.1, 0.15) is 0 Å². The summed E-state index contributed by atoms with van der Waals surface area (Å²) in [5.74, 6) is -0.152. The summed E-state index contributed by atoms with van der Waals surface area (Å²) in [6.45, 7) is 0.276. The van der Waals surface area contributed by atoms with Gasteiger partial charge in [-0.3, -0.25) is 9.59 Å². The molecule has 2 aromatic rings. The van der Waals surface area contributed by atoms with Crippen LogP contribution in [0.2, 0.25) is 0 Å². The largest absolute Gasteiger partial charge is 0.389 e. The molecule has 5 nitrogen and oxygen atoms in total. The Hall–Kier alpha value is -2.40. The van der Waals surface area contributed by atoms with Crippen molar-refractivity contribution in [3.8, 4) is 0 Å². The Balaban J connectivity index is 1.79. The number of rotatable bonds is 6. The summed E-state index contributed by atoms with van der Waals surface area (Å²) in [7, 11) is 0. The van der Waals surface area contributed by atoms with Gasteiger partial charge in [0.15, 0.2) is 0 Å². The maximum absolute atomic E-state index is 11.7. The Morgan fingerprint density at radius 3 is 2.57 bits per heavy atom. The molecular weight excluding hydrogens is 268 g/mol. The van der Waals surface area contributed by atoms with Gasteiger partial charge in [0.05, 0.1) is 19.1 Å². The third-order valence-corrected chi connectivity index (χ3v) is 3.05. The fraction of sp³-hybridized carbons (Fsp3) is 0.250. The zero-order valence-electron chi connectivity index (χ0n) is 11.6. The lowest BCUT2D eigenvalue weighted by Crippen LogP contribution is -2.37. The number of aliphatic hydroxyl groups is 1. The fourth-order valence-electron chi connectivity index (χ4n) is 1.98. The second-order valence-corrected chi connectivity index (χ2v) is 4.81. The highest BCUT2D eigenvalue weighted by atomic mass is 16.3. The molecule has 110 valence electrons. The van der Waals surface area contributed by atoms with Crippen LogP contribution in [0.15, 0.2) is 59.5 Å². The maximum Gasteiger partial charge on any atom is 0.250 e. The molecule has 0 bridgehead atoms. The predicted octanol–water partition coefficient (Wildman–Crippen LogP) is 0.568. The number of amides is 1. The molecule has 1 aromatic heterocycles. The van der Waals surface area contributed by atoms with E-state index in [-0.39, 0.29) is 31.0 Å². The summed E-state index contributed by atoms with van der Waals surface area (Å²) in [5.41, 5.74) is 0.746. The molecule has 0 aliphatic heterocycles. The highest BCUT2D eigenvalue weighted by Crippen LogP contribution is 1.99. The monoisotopic (exact) mass is 286 g/mol. The third kappa shape index (κ3) is 4.89.